The predicted octanol–water partition coefficient (Wildman–Crippen LogP) is 5.16. The van der Waals surface area contributed by atoms with E-state index in [4.69, 9.17) is 0 Å². The molecule has 6 rings (SSSR count). The number of carbonyl (C=O) groups is 3. The molecule has 10 nitrogen and oxygen atoms in total. The number of phenols is 1. The maximum absolute atomic E-state index is 14.4. The zero-order valence-electron chi connectivity index (χ0n) is 25.4. The lowest BCUT2D eigenvalue weighted by Crippen LogP contribution is -2.55. The minimum Gasteiger partial charge on any atom is -0.508 e. The van der Waals surface area contributed by atoms with Crippen LogP contribution < -0.4 is 10.2 Å². The van der Waals surface area contributed by atoms with Gasteiger partial charge in [0.05, 0.1) is 17.3 Å². The normalized spacial score (nSPS) is 19.2. The van der Waals surface area contributed by atoms with Gasteiger partial charge < -0.3 is 15.3 Å². The molecule has 1 fully saturated rings. The Morgan fingerprint density at radius 1 is 1.08 bits per heavy atom. The first-order chi connectivity index (χ1) is 22.9. The van der Waals surface area contributed by atoms with Crippen molar-refractivity contribution in [1.82, 2.24) is 20.0 Å². The van der Waals surface area contributed by atoms with E-state index in [1.165, 1.54) is 44.8 Å². The van der Waals surface area contributed by atoms with Crippen LogP contribution in [0, 0.1) is 17.1 Å². The van der Waals surface area contributed by atoms with E-state index in [9.17, 15) is 42.3 Å². The molecule has 3 atom stereocenters. The predicted molar refractivity (Wildman–Crippen MR) is 164 cm³/mol. The highest BCUT2D eigenvalue weighted by atomic mass is 19.4. The lowest BCUT2D eigenvalue weighted by atomic mass is 9.80. The number of nitrogens with zero attached hydrogens (tertiary/aromatic N) is 5. The molecule has 0 unspecified atom stereocenters. The molecule has 4 aromatic rings. The molecule has 1 saturated heterocycles. The van der Waals surface area contributed by atoms with Gasteiger partial charge in [-0.1, -0.05) is 24.3 Å². The number of phenolic OH excluding ortho intramolecular Hbond substituents is 1. The first-order valence-electron chi connectivity index (χ1n) is 15.1. The SMILES string of the molecule is CCN1C(=O)[C@H](NC(=O)c2cccc(C(F)(F)F)c2)[C@H](c2ccc(F)cc2)c2c(C(=O)N3CCC[C@@H]3C#N)nn(-c3cccc(O)c3)c21. The van der Waals surface area contributed by atoms with Crippen LogP contribution in [0.2, 0.25) is 0 Å². The van der Waals surface area contributed by atoms with E-state index < -0.39 is 53.3 Å². The number of fused-ring (bicyclic) bond motifs is 1. The summed E-state index contributed by atoms with van der Waals surface area (Å²) in [6, 6.07) is 14.6. The van der Waals surface area contributed by atoms with E-state index >= 15 is 0 Å². The molecule has 246 valence electrons. The van der Waals surface area contributed by atoms with Crippen molar-refractivity contribution in [3.05, 3.63) is 107 Å². The highest BCUT2D eigenvalue weighted by Gasteiger charge is 2.48. The molecule has 2 aliphatic heterocycles. The van der Waals surface area contributed by atoms with Gasteiger partial charge in [-0.15, -0.1) is 0 Å². The summed E-state index contributed by atoms with van der Waals surface area (Å²) in [6.07, 6.45) is -3.72. The van der Waals surface area contributed by atoms with Crippen molar-refractivity contribution in [2.45, 2.75) is 43.9 Å². The number of likely N-dealkylation sites (tertiary alicyclic amines) is 1. The van der Waals surface area contributed by atoms with Crippen LogP contribution in [0.25, 0.3) is 5.69 Å². The number of hydrogen-bond donors (Lipinski definition) is 2. The fourth-order valence-corrected chi connectivity index (χ4v) is 6.33. The number of amides is 3. The van der Waals surface area contributed by atoms with Crippen molar-refractivity contribution in [3.8, 4) is 17.5 Å². The Hall–Kier alpha value is -5.71. The summed E-state index contributed by atoms with van der Waals surface area (Å²) >= 11 is 0. The van der Waals surface area contributed by atoms with Gasteiger partial charge in [-0.25, -0.2) is 9.07 Å². The van der Waals surface area contributed by atoms with Crippen molar-refractivity contribution in [1.29, 1.82) is 5.26 Å². The fraction of sp³-hybridized carbons (Fsp3) is 0.265. The van der Waals surface area contributed by atoms with Crippen LogP contribution in [0.15, 0.2) is 72.8 Å². The second-order valence-corrected chi connectivity index (χ2v) is 11.4. The molecule has 1 aromatic heterocycles. The Bertz CT molecular complexity index is 1950. The van der Waals surface area contributed by atoms with Gasteiger partial charge in [0.15, 0.2) is 5.69 Å². The van der Waals surface area contributed by atoms with Crippen molar-refractivity contribution in [2.75, 3.05) is 18.0 Å². The Morgan fingerprint density at radius 2 is 1.81 bits per heavy atom. The number of likely N-dealkylation sites (N-methyl/N-ethyl adjacent to an activating group) is 1. The summed E-state index contributed by atoms with van der Waals surface area (Å²) in [5.41, 5.74) is -0.790. The number of anilines is 1. The minimum absolute atomic E-state index is 0.0145. The van der Waals surface area contributed by atoms with Gasteiger partial charge in [0.2, 0.25) is 0 Å². The molecule has 0 spiro atoms. The standard InChI is InChI=1S/C34H28F4N6O4/c1-2-42-31-27(29(33(48)43-15-5-9-24(43)18-39)41-44(31)23-8-4-10-25(45)17-23)26(19-11-13-22(35)14-12-19)28(32(42)47)40-30(46)20-6-3-7-21(16-20)34(36,37)38/h3-4,6-8,10-14,16-17,24,26,28,45H,2,5,9,15H2,1H3,(H,40,46)/t24-,26-,28-/m1/s1. The van der Waals surface area contributed by atoms with Crippen LogP contribution in [-0.4, -0.2) is 62.7 Å². The van der Waals surface area contributed by atoms with Gasteiger partial charge >= 0.3 is 6.18 Å². The molecule has 0 bridgehead atoms. The summed E-state index contributed by atoms with van der Waals surface area (Å²) in [5, 5.41) is 27.3. The maximum Gasteiger partial charge on any atom is 0.416 e. The number of benzene rings is 3. The molecule has 3 heterocycles. The average Bonchev–Trinajstić information content (AvgIpc) is 3.71. The van der Waals surface area contributed by atoms with Gasteiger partial charge in [-0.2, -0.15) is 23.5 Å². The number of aromatic hydroxyl groups is 1. The first-order valence-corrected chi connectivity index (χ1v) is 15.1. The van der Waals surface area contributed by atoms with Crippen molar-refractivity contribution in [2.24, 2.45) is 0 Å². The average molecular weight is 661 g/mol. The Kier molecular flexibility index (Phi) is 8.38. The van der Waals surface area contributed by atoms with E-state index in [-0.39, 0.29) is 41.5 Å². The van der Waals surface area contributed by atoms with E-state index in [0.717, 1.165) is 24.3 Å². The van der Waals surface area contributed by atoms with Gasteiger partial charge in [0.25, 0.3) is 17.7 Å². The molecule has 2 N–H and O–H groups in total. The van der Waals surface area contributed by atoms with Crippen molar-refractivity contribution < 1.29 is 37.1 Å². The largest absolute Gasteiger partial charge is 0.508 e. The van der Waals surface area contributed by atoms with E-state index in [1.807, 2.05) is 0 Å². The number of hydrogen-bond acceptors (Lipinski definition) is 6. The molecule has 14 heteroatoms. The van der Waals surface area contributed by atoms with E-state index in [0.29, 0.717) is 30.2 Å². The number of halogens is 4. The van der Waals surface area contributed by atoms with E-state index in [1.54, 1.807) is 19.1 Å². The second-order valence-electron chi connectivity index (χ2n) is 11.4. The zero-order chi connectivity index (χ0) is 34.3. The Labute approximate surface area is 271 Å². The van der Waals surface area contributed by atoms with Crippen LogP contribution in [0.1, 0.15) is 63.2 Å². The second kappa shape index (κ2) is 12.5. The zero-order valence-corrected chi connectivity index (χ0v) is 25.4. The van der Waals surface area contributed by atoms with Crippen LogP contribution >= 0.6 is 0 Å². The molecule has 48 heavy (non-hydrogen) atoms. The van der Waals surface area contributed by atoms with Crippen LogP contribution in [0.5, 0.6) is 5.75 Å². The fourth-order valence-electron chi connectivity index (χ4n) is 6.33. The number of nitrogens with one attached hydrogen (secondary N) is 1. The third-order valence-corrected chi connectivity index (χ3v) is 8.55. The van der Waals surface area contributed by atoms with Crippen LogP contribution in [0.4, 0.5) is 23.4 Å². The van der Waals surface area contributed by atoms with Gasteiger partial charge in [-0.3, -0.25) is 19.3 Å². The minimum atomic E-state index is -4.73. The number of nitriles is 1. The number of alkyl halides is 3. The van der Waals surface area contributed by atoms with Crippen LogP contribution in [-0.2, 0) is 11.0 Å². The molecule has 0 aliphatic carbocycles. The van der Waals surface area contributed by atoms with Crippen molar-refractivity contribution in [3.63, 3.8) is 0 Å². The third kappa shape index (κ3) is 5.72. The van der Waals surface area contributed by atoms with Gasteiger partial charge in [0, 0.05) is 36.2 Å². The molecular formula is C34H28F4N6O4. The third-order valence-electron chi connectivity index (χ3n) is 8.55. The lowest BCUT2D eigenvalue weighted by Gasteiger charge is -2.38. The Morgan fingerprint density at radius 3 is 2.48 bits per heavy atom. The lowest BCUT2D eigenvalue weighted by molar-refractivity contribution is -0.137. The summed E-state index contributed by atoms with van der Waals surface area (Å²) in [6.45, 7) is 1.93. The monoisotopic (exact) mass is 660 g/mol. The molecule has 3 amide bonds. The van der Waals surface area contributed by atoms with Gasteiger partial charge in [0.1, 0.15) is 29.5 Å². The first kappa shape index (κ1) is 32.2. The molecule has 3 aromatic carbocycles. The Balaban J connectivity index is 1.58. The summed E-state index contributed by atoms with van der Waals surface area (Å²) in [5.74, 6) is -4.03. The highest BCUT2D eigenvalue weighted by Crippen LogP contribution is 2.44. The topological polar surface area (TPSA) is 132 Å². The quantitative estimate of drug-likeness (QED) is 0.275. The molecular weight excluding hydrogens is 632 g/mol. The number of rotatable bonds is 6. The van der Waals surface area contributed by atoms with Crippen molar-refractivity contribution >= 4 is 23.5 Å². The maximum atomic E-state index is 14.4. The number of aromatic nitrogens is 2. The summed E-state index contributed by atoms with van der Waals surface area (Å²) in [4.78, 5) is 44.9. The molecule has 0 radical (unpaired) electrons. The molecule has 2 aliphatic rings. The van der Waals surface area contributed by atoms with E-state index in [2.05, 4.69) is 16.5 Å². The summed E-state index contributed by atoms with van der Waals surface area (Å²) in [7, 11) is 0. The number of carbonyl (C=O) groups excluding carboxylic acids is 3. The van der Waals surface area contributed by atoms with Gasteiger partial charge in [-0.05, 0) is 67.8 Å². The molecule has 0 saturated carbocycles. The van der Waals surface area contributed by atoms with Crippen LogP contribution in [0.3, 0.4) is 0 Å². The highest BCUT2D eigenvalue weighted by molar-refractivity contribution is 6.07. The summed E-state index contributed by atoms with van der Waals surface area (Å²) < 4.78 is 56.0. The smallest absolute Gasteiger partial charge is 0.416 e.